The SMILES string of the molecule is CCC(CNC(=O)c1cc(-c2ccco2)on1)CC(=O)O. The lowest BCUT2D eigenvalue weighted by Gasteiger charge is -2.12. The summed E-state index contributed by atoms with van der Waals surface area (Å²) in [5.41, 5.74) is 0.131. The molecule has 112 valence electrons. The van der Waals surface area contributed by atoms with Crippen molar-refractivity contribution < 1.29 is 23.6 Å². The minimum absolute atomic E-state index is 0.0211. The maximum absolute atomic E-state index is 11.9. The highest BCUT2D eigenvalue weighted by Gasteiger charge is 2.17. The minimum Gasteiger partial charge on any atom is -0.481 e. The number of carboxylic acid groups (broad SMARTS) is 1. The Morgan fingerprint density at radius 1 is 1.43 bits per heavy atom. The summed E-state index contributed by atoms with van der Waals surface area (Å²) in [7, 11) is 0. The Balaban J connectivity index is 1.93. The van der Waals surface area contributed by atoms with Gasteiger partial charge >= 0.3 is 5.97 Å². The standard InChI is InChI=1S/C14H16N2O5/c1-2-9(6-13(17)18)8-15-14(19)10-7-12(21-16-10)11-4-3-5-20-11/h3-5,7,9H,2,6,8H2,1H3,(H,15,19)(H,17,18). The van der Waals surface area contributed by atoms with Crippen LogP contribution in [-0.4, -0.2) is 28.7 Å². The number of carbonyl (C=O) groups excluding carboxylic acids is 1. The normalized spacial score (nSPS) is 12.0. The Morgan fingerprint density at radius 2 is 2.24 bits per heavy atom. The molecule has 0 aliphatic carbocycles. The highest BCUT2D eigenvalue weighted by Crippen LogP contribution is 2.20. The number of hydrogen-bond donors (Lipinski definition) is 2. The van der Waals surface area contributed by atoms with Crippen LogP contribution in [0.25, 0.3) is 11.5 Å². The lowest BCUT2D eigenvalue weighted by molar-refractivity contribution is -0.138. The van der Waals surface area contributed by atoms with Gasteiger partial charge in [0.2, 0.25) is 5.76 Å². The van der Waals surface area contributed by atoms with E-state index in [1.165, 1.54) is 12.3 Å². The number of aromatic nitrogens is 1. The molecule has 0 spiro atoms. The molecule has 0 bridgehead atoms. The number of rotatable bonds is 7. The smallest absolute Gasteiger partial charge is 0.303 e. The number of aliphatic carboxylic acids is 1. The lowest BCUT2D eigenvalue weighted by atomic mass is 10.0. The van der Waals surface area contributed by atoms with Crippen LogP contribution in [0.4, 0.5) is 0 Å². The van der Waals surface area contributed by atoms with Crippen molar-refractivity contribution in [2.24, 2.45) is 5.92 Å². The first-order chi connectivity index (χ1) is 10.1. The summed E-state index contributed by atoms with van der Waals surface area (Å²) in [6, 6.07) is 4.88. The molecule has 0 radical (unpaired) electrons. The van der Waals surface area contributed by atoms with Gasteiger partial charge in [-0.15, -0.1) is 0 Å². The van der Waals surface area contributed by atoms with Crippen molar-refractivity contribution in [3.63, 3.8) is 0 Å². The second-order valence-electron chi connectivity index (χ2n) is 4.64. The van der Waals surface area contributed by atoms with Gasteiger partial charge < -0.3 is 19.4 Å². The van der Waals surface area contributed by atoms with Gasteiger partial charge in [-0.05, 0) is 18.1 Å². The molecular formula is C14H16N2O5. The van der Waals surface area contributed by atoms with Crippen LogP contribution < -0.4 is 5.32 Å². The van der Waals surface area contributed by atoms with E-state index in [4.69, 9.17) is 14.0 Å². The van der Waals surface area contributed by atoms with Gasteiger partial charge in [0.25, 0.3) is 5.91 Å². The van der Waals surface area contributed by atoms with Crippen LogP contribution in [0.15, 0.2) is 33.4 Å². The molecule has 1 unspecified atom stereocenters. The molecule has 2 aromatic heterocycles. The first-order valence-corrected chi connectivity index (χ1v) is 6.60. The zero-order valence-electron chi connectivity index (χ0n) is 11.5. The van der Waals surface area contributed by atoms with Crippen LogP contribution in [-0.2, 0) is 4.79 Å². The molecule has 2 aromatic rings. The summed E-state index contributed by atoms with van der Waals surface area (Å²) < 4.78 is 10.2. The van der Waals surface area contributed by atoms with Gasteiger partial charge in [0, 0.05) is 19.0 Å². The van der Waals surface area contributed by atoms with Crippen molar-refractivity contribution in [2.45, 2.75) is 19.8 Å². The second-order valence-corrected chi connectivity index (χ2v) is 4.64. The molecule has 7 heteroatoms. The molecule has 0 saturated heterocycles. The van der Waals surface area contributed by atoms with E-state index in [9.17, 15) is 9.59 Å². The van der Waals surface area contributed by atoms with Gasteiger partial charge in [-0.3, -0.25) is 9.59 Å². The minimum atomic E-state index is -0.877. The number of carboxylic acids is 1. The maximum atomic E-state index is 11.9. The number of carbonyl (C=O) groups is 2. The van der Waals surface area contributed by atoms with Crippen molar-refractivity contribution in [3.05, 3.63) is 30.2 Å². The summed E-state index contributed by atoms with van der Waals surface area (Å²) in [6.45, 7) is 2.16. The molecule has 0 aliphatic rings. The Morgan fingerprint density at radius 3 is 2.86 bits per heavy atom. The van der Waals surface area contributed by atoms with E-state index in [2.05, 4.69) is 10.5 Å². The summed E-state index contributed by atoms with van der Waals surface area (Å²) >= 11 is 0. The molecular weight excluding hydrogens is 276 g/mol. The van der Waals surface area contributed by atoms with E-state index >= 15 is 0 Å². The Kier molecular flexibility index (Phi) is 4.76. The molecule has 0 aromatic carbocycles. The molecule has 0 fully saturated rings. The Hall–Kier alpha value is -2.57. The largest absolute Gasteiger partial charge is 0.481 e. The highest BCUT2D eigenvalue weighted by molar-refractivity contribution is 5.92. The maximum Gasteiger partial charge on any atom is 0.303 e. The number of nitrogens with zero attached hydrogens (tertiary/aromatic N) is 1. The average molecular weight is 292 g/mol. The molecule has 0 saturated carbocycles. The first-order valence-electron chi connectivity index (χ1n) is 6.60. The predicted octanol–water partition coefficient (Wildman–Crippen LogP) is 2.17. The first kappa shape index (κ1) is 14.8. The van der Waals surface area contributed by atoms with Crippen LogP contribution in [0.2, 0.25) is 0 Å². The molecule has 21 heavy (non-hydrogen) atoms. The van der Waals surface area contributed by atoms with Crippen molar-refractivity contribution in [1.29, 1.82) is 0 Å². The molecule has 1 amide bonds. The van der Waals surface area contributed by atoms with E-state index in [1.54, 1.807) is 12.1 Å². The van der Waals surface area contributed by atoms with E-state index in [0.29, 0.717) is 17.9 Å². The predicted molar refractivity (Wildman–Crippen MR) is 72.6 cm³/mol. The van der Waals surface area contributed by atoms with Crippen LogP contribution >= 0.6 is 0 Å². The zero-order valence-corrected chi connectivity index (χ0v) is 11.5. The monoisotopic (exact) mass is 292 g/mol. The fourth-order valence-electron chi connectivity index (χ4n) is 1.85. The number of furan rings is 1. The Labute approximate surface area is 120 Å². The molecule has 2 N–H and O–H groups in total. The van der Waals surface area contributed by atoms with Crippen molar-refractivity contribution in [3.8, 4) is 11.5 Å². The number of hydrogen-bond acceptors (Lipinski definition) is 5. The van der Waals surface area contributed by atoms with E-state index in [1.807, 2.05) is 6.92 Å². The summed E-state index contributed by atoms with van der Waals surface area (Å²) in [6.07, 6.45) is 2.19. The second kappa shape index (κ2) is 6.74. The third kappa shape index (κ3) is 3.95. The van der Waals surface area contributed by atoms with Gasteiger partial charge in [0.05, 0.1) is 6.26 Å². The van der Waals surface area contributed by atoms with E-state index in [-0.39, 0.29) is 24.6 Å². The lowest BCUT2D eigenvalue weighted by Crippen LogP contribution is -2.30. The zero-order chi connectivity index (χ0) is 15.2. The van der Waals surface area contributed by atoms with Crippen molar-refractivity contribution in [2.75, 3.05) is 6.54 Å². The molecule has 2 heterocycles. The van der Waals surface area contributed by atoms with Gasteiger partial charge in [0.1, 0.15) is 0 Å². The molecule has 2 rings (SSSR count). The van der Waals surface area contributed by atoms with Crippen molar-refractivity contribution >= 4 is 11.9 Å². The number of amides is 1. The molecule has 7 nitrogen and oxygen atoms in total. The van der Waals surface area contributed by atoms with Crippen LogP contribution in [0.1, 0.15) is 30.3 Å². The fraction of sp³-hybridized carbons (Fsp3) is 0.357. The quantitative estimate of drug-likeness (QED) is 0.810. The molecule has 1 atom stereocenters. The summed E-state index contributed by atoms with van der Waals surface area (Å²) in [5, 5.41) is 15.1. The highest BCUT2D eigenvalue weighted by atomic mass is 16.5. The van der Waals surface area contributed by atoms with E-state index in [0.717, 1.165) is 0 Å². The third-order valence-electron chi connectivity index (χ3n) is 3.10. The van der Waals surface area contributed by atoms with Gasteiger partial charge in [-0.1, -0.05) is 18.5 Å². The van der Waals surface area contributed by atoms with Gasteiger partial charge in [-0.2, -0.15) is 0 Å². The fourth-order valence-corrected chi connectivity index (χ4v) is 1.85. The third-order valence-corrected chi connectivity index (χ3v) is 3.10. The summed E-state index contributed by atoms with van der Waals surface area (Å²) in [5.74, 6) is -0.539. The van der Waals surface area contributed by atoms with Crippen LogP contribution in [0, 0.1) is 5.92 Å². The summed E-state index contributed by atoms with van der Waals surface area (Å²) in [4.78, 5) is 22.6. The van der Waals surface area contributed by atoms with Crippen LogP contribution in [0.5, 0.6) is 0 Å². The van der Waals surface area contributed by atoms with Crippen molar-refractivity contribution in [1.82, 2.24) is 10.5 Å². The van der Waals surface area contributed by atoms with Gasteiger partial charge in [-0.25, -0.2) is 0 Å². The number of nitrogens with one attached hydrogen (secondary N) is 1. The average Bonchev–Trinajstić information content (AvgIpc) is 3.12. The van der Waals surface area contributed by atoms with Gasteiger partial charge in [0.15, 0.2) is 11.5 Å². The Bertz CT molecular complexity index is 603. The molecule has 0 aliphatic heterocycles. The topological polar surface area (TPSA) is 106 Å². The van der Waals surface area contributed by atoms with E-state index < -0.39 is 11.9 Å². The van der Waals surface area contributed by atoms with Crippen LogP contribution in [0.3, 0.4) is 0 Å².